The SMILES string of the molecule is COc1cccc(CC(O)c2cccc3nccnc23)c1. The highest BCUT2D eigenvalue weighted by atomic mass is 16.5. The Morgan fingerprint density at radius 3 is 2.76 bits per heavy atom. The van der Waals surface area contributed by atoms with E-state index in [-0.39, 0.29) is 0 Å². The van der Waals surface area contributed by atoms with Crippen LogP contribution in [0.15, 0.2) is 54.9 Å². The van der Waals surface area contributed by atoms with Gasteiger partial charge in [-0.2, -0.15) is 0 Å². The highest BCUT2D eigenvalue weighted by molar-refractivity contribution is 5.77. The highest BCUT2D eigenvalue weighted by Gasteiger charge is 2.13. The summed E-state index contributed by atoms with van der Waals surface area (Å²) < 4.78 is 5.21. The van der Waals surface area contributed by atoms with Crippen molar-refractivity contribution in [2.75, 3.05) is 7.11 Å². The maximum atomic E-state index is 10.5. The van der Waals surface area contributed by atoms with E-state index in [2.05, 4.69) is 9.97 Å². The first-order chi connectivity index (χ1) is 10.3. The Balaban J connectivity index is 1.91. The molecular formula is C17H16N2O2. The van der Waals surface area contributed by atoms with Gasteiger partial charge in [0.05, 0.1) is 24.2 Å². The topological polar surface area (TPSA) is 55.2 Å². The Bertz CT molecular complexity index is 753. The lowest BCUT2D eigenvalue weighted by Gasteiger charge is -2.13. The number of hydrogen-bond donors (Lipinski definition) is 1. The van der Waals surface area contributed by atoms with Gasteiger partial charge in [-0.15, -0.1) is 0 Å². The number of aromatic nitrogens is 2. The fraction of sp³-hybridized carbons (Fsp3) is 0.176. The van der Waals surface area contributed by atoms with Gasteiger partial charge in [-0.3, -0.25) is 9.97 Å². The third-order valence-corrected chi connectivity index (χ3v) is 3.45. The Morgan fingerprint density at radius 2 is 1.90 bits per heavy atom. The third-order valence-electron chi connectivity index (χ3n) is 3.45. The lowest BCUT2D eigenvalue weighted by Crippen LogP contribution is -2.04. The number of ether oxygens (including phenoxy) is 1. The number of nitrogens with zero attached hydrogens (tertiary/aromatic N) is 2. The molecule has 21 heavy (non-hydrogen) atoms. The molecule has 1 aromatic heterocycles. The number of rotatable bonds is 4. The van der Waals surface area contributed by atoms with E-state index in [4.69, 9.17) is 4.74 Å². The molecule has 0 aliphatic carbocycles. The summed E-state index contributed by atoms with van der Waals surface area (Å²) in [6.07, 6.45) is 3.18. The fourth-order valence-corrected chi connectivity index (χ4v) is 2.42. The number of methoxy groups -OCH3 is 1. The molecule has 0 saturated carbocycles. The van der Waals surface area contributed by atoms with E-state index in [1.807, 2.05) is 42.5 Å². The minimum atomic E-state index is -0.627. The molecule has 4 nitrogen and oxygen atoms in total. The molecule has 0 fully saturated rings. The van der Waals surface area contributed by atoms with Crippen LogP contribution >= 0.6 is 0 Å². The van der Waals surface area contributed by atoms with E-state index < -0.39 is 6.10 Å². The smallest absolute Gasteiger partial charge is 0.119 e. The number of para-hydroxylation sites is 1. The second-order valence-corrected chi connectivity index (χ2v) is 4.84. The highest BCUT2D eigenvalue weighted by Crippen LogP contribution is 2.25. The van der Waals surface area contributed by atoms with Gasteiger partial charge >= 0.3 is 0 Å². The normalized spacial score (nSPS) is 12.3. The van der Waals surface area contributed by atoms with Crippen LogP contribution in [0.3, 0.4) is 0 Å². The van der Waals surface area contributed by atoms with Crippen LogP contribution in [0.25, 0.3) is 11.0 Å². The second kappa shape index (κ2) is 5.89. The largest absolute Gasteiger partial charge is 0.497 e. The quantitative estimate of drug-likeness (QED) is 0.798. The second-order valence-electron chi connectivity index (χ2n) is 4.84. The Labute approximate surface area is 123 Å². The van der Waals surface area contributed by atoms with E-state index >= 15 is 0 Å². The number of aliphatic hydroxyl groups excluding tert-OH is 1. The minimum absolute atomic E-state index is 0.507. The molecule has 106 valence electrons. The van der Waals surface area contributed by atoms with Gasteiger partial charge in [0.1, 0.15) is 5.75 Å². The van der Waals surface area contributed by atoms with Crippen molar-refractivity contribution in [1.82, 2.24) is 9.97 Å². The van der Waals surface area contributed by atoms with E-state index in [9.17, 15) is 5.11 Å². The summed E-state index contributed by atoms with van der Waals surface area (Å²) in [5, 5.41) is 10.5. The van der Waals surface area contributed by atoms with Gasteiger partial charge < -0.3 is 9.84 Å². The summed E-state index contributed by atoms with van der Waals surface area (Å²) in [4.78, 5) is 8.60. The van der Waals surface area contributed by atoms with Crippen molar-refractivity contribution >= 4 is 11.0 Å². The average molecular weight is 280 g/mol. The van der Waals surface area contributed by atoms with E-state index in [1.54, 1.807) is 19.5 Å². The third kappa shape index (κ3) is 2.85. The van der Waals surface area contributed by atoms with Crippen molar-refractivity contribution in [1.29, 1.82) is 0 Å². The molecular weight excluding hydrogens is 264 g/mol. The van der Waals surface area contributed by atoms with Gasteiger partial charge in [0.15, 0.2) is 0 Å². The molecule has 4 heteroatoms. The van der Waals surface area contributed by atoms with Crippen molar-refractivity contribution in [2.24, 2.45) is 0 Å². The van der Waals surface area contributed by atoms with Crippen molar-refractivity contribution in [3.05, 3.63) is 66.0 Å². The molecule has 0 bridgehead atoms. The first-order valence-corrected chi connectivity index (χ1v) is 6.78. The van der Waals surface area contributed by atoms with E-state index in [0.717, 1.165) is 27.9 Å². The molecule has 0 aliphatic rings. The van der Waals surface area contributed by atoms with Crippen LogP contribution in [0, 0.1) is 0 Å². The van der Waals surface area contributed by atoms with E-state index in [1.165, 1.54) is 0 Å². The van der Waals surface area contributed by atoms with Crippen LogP contribution in [-0.4, -0.2) is 22.2 Å². The Morgan fingerprint density at radius 1 is 1.10 bits per heavy atom. The van der Waals surface area contributed by atoms with Crippen molar-refractivity contribution in [2.45, 2.75) is 12.5 Å². The molecule has 0 radical (unpaired) electrons. The molecule has 3 aromatic rings. The van der Waals surface area contributed by atoms with Gasteiger partial charge in [-0.25, -0.2) is 0 Å². The van der Waals surface area contributed by atoms with Gasteiger partial charge in [0.25, 0.3) is 0 Å². The predicted octanol–water partition coefficient (Wildman–Crippen LogP) is 2.91. The summed E-state index contributed by atoms with van der Waals surface area (Å²) in [5.74, 6) is 0.789. The lowest BCUT2D eigenvalue weighted by atomic mass is 10.00. The van der Waals surface area contributed by atoms with Crippen LogP contribution in [-0.2, 0) is 6.42 Å². The van der Waals surface area contributed by atoms with Crippen LogP contribution < -0.4 is 4.74 Å². The Hall–Kier alpha value is -2.46. The zero-order valence-corrected chi connectivity index (χ0v) is 11.7. The minimum Gasteiger partial charge on any atom is -0.497 e. The molecule has 0 saturated heterocycles. The summed E-state index contributed by atoms with van der Waals surface area (Å²) in [7, 11) is 1.63. The van der Waals surface area contributed by atoms with Crippen molar-refractivity contribution in [3.8, 4) is 5.75 Å². The van der Waals surface area contributed by atoms with Crippen molar-refractivity contribution in [3.63, 3.8) is 0 Å². The maximum Gasteiger partial charge on any atom is 0.119 e. The first kappa shape index (κ1) is 13.5. The fourth-order valence-electron chi connectivity index (χ4n) is 2.42. The molecule has 0 spiro atoms. The molecule has 0 aliphatic heterocycles. The molecule has 0 amide bonds. The summed E-state index contributed by atoms with van der Waals surface area (Å²) in [6, 6.07) is 13.4. The molecule has 2 aromatic carbocycles. The lowest BCUT2D eigenvalue weighted by molar-refractivity contribution is 0.179. The number of aliphatic hydroxyl groups is 1. The zero-order chi connectivity index (χ0) is 14.7. The van der Waals surface area contributed by atoms with E-state index in [0.29, 0.717) is 6.42 Å². The van der Waals surface area contributed by atoms with Crippen LogP contribution in [0.2, 0.25) is 0 Å². The molecule has 1 N–H and O–H groups in total. The molecule has 1 unspecified atom stereocenters. The van der Waals surface area contributed by atoms with Gasteiger partial charge in [-0.05, 0) is 23.8 Å². The standard InChI is InChI=1S/C17H16N2O2/c1-21-13-5-2-4-12(10-13)11-16(20)14-6-3-7-15-17(14)19-9-8-18-15/h2-10,16,20H,11H2,1H3. The monoisotopic (exact) mass is 280 g/mol. The van der Waals surface area contributed by atoms with Gasteiger partial charge in [-0.1, -0.05) is 24.3 Å². The molecule has 1 atom stereocenters. The Kier molecular flexibility index (Phi) is 3.79. The molecule has 3 rings (SSSR count). The number of hydrogen-bond acceptors (Lipinski definition) is 4. The van der Waals surface area contributed by atoms with Crippen LogP contribution in [0.5, 0.6) is 5.75 Å². The average Bonchev–Trinajstić information content (AvgIpc) is 2.54. The summed E-state index contributed by atoms with van der Waals surface area (Å²) in [5.41, 5.74) is 3.35. The van der Waals surface area contributed by atoms with Gasteiger partial charge in [0.2, 0.25) is 0 Å². The molecule has 1 heterocycles. The first-order valence-electron chi connectivity index (χ1n) is 6.78. The predicted molar refractivity (Wildman–Crippen MR) is 81.2 cm³/mol. The van der Waals surface area contributed by atoms with Crippen molar-refractivity contribution < 1.29 is 9.84 Å². The van der Waals surface area contributed by atoms with Crippen LogP contribution in [0.1, 0.15) is 17.2 Å². The number of benzene rings is 2. The zero-order valence-electron chi connectivity index (χ0n) is 11.7. The number of fused-ring (bicyclic) bond motifs is 1. The maximum absolute atomic E-state index is 10.5. The summed E-state index contributed by atoms with van der Waals surface area (Å²) in [6.45, 7) is 0. The van der Waals surface area contributed by atoms with Crippen LogP contribution in [0.4, 0.5) is 0 Å². The summed E-state index contributed by atoms with van der Waals surface area (Å²) >= 11 is 0. The van der Waals surface area contributed by atoms with Gasteiger partial charge in [0, 0.05) is 24.4 Å².